The smallest absolute Gasteiger partial charge is 0.264 e. The summed E-state index contributed by atoms with van der Waals surface area (Å²) in [5.41, 5.74) is -1.05. The molecule has 1 heterocycles. The molecule has 7 heteroatoms. The van der Waals surface area contributed by atoms with E-state index in [9.17, 15) is 17.2 Å². The van der Waals surface area contributed by atoms with Crippen LogP contribution in [0.3, 0.4) is 0 Å². The van der Waals surface area contributed by atoms with Crippen molar-refractivity contribution in [1.29, 1.82) is 0 Å². The van der Waals surface area contributed by atoms with Gasteiger partial charge in [-0.1, -0.05) is 6.07 Å². The zero-order valence-corrected chi connectivity index (χ0v) is 10.6. The summed E-state index contributed by atoms with van der Waals surface area (Å²) in [5.74, 6) is -1.49. The van der Waals surface area contributed by atoms with Crippen LogP contribution >= 0.6 is 0 Å². The molecule has 0 aromatic heterocycles. The number of benzene rings is 1. The zero-order chi connectivity index (χ0) is 13.6. The predicted octanol–water partition coefficient (Wildman–Crippen LogP) is 1.56. The third-order valence-electron chi connectivity index (χ3n) is 2.82. The van der Waals surface area contributed by atoms with Gasteiger partial charge in [-0.2, -0.15) is 8.42 Å². The first-order valence-corrected chi connectivity index (χ1v) is 7.04. The zero-order valence-electron chi connectivity index (χ0n) is 9.81. The molecule has 1 aliphatic rings. The van der Waals surface area contributed by atoms with Gasteiger partial charge in [0.25, 0.3) is 10.1 Å². The molecule has 100 valence electrons. The molecule has 1 aromatic carbocycles. The van der Waals surface area contributed by atoms with Crippen LogP contribution in [0, 0.1) is 11.6 Å². The molecule has 1 aliphatic heterocycles. The molecule has 2 unspecified atom stereocenters. The molecule has 1 fully saturated rings. The van der Waals surface area contributed by atoms with Crippen LogP contribution in [0.15, 0.2) is 18.2 Å². The van der Waals surface area contributed by atoms with Crippen LogP contribution in [0.4, 0.5) is 8.78 Å². The van der Waals surface area contributed by atoms with Gasteiger partial charge >= 0.3 is 0 Å². The van der Waals surface area contributed by atoms with E-state index < -0.39 is 33.5 Å². The molecule has 1 saturated heterocycles. The summed E-state index contributed by atoms with van der Waals surface area (Å²) in [5, 5.41) is 0. The maximum atomic E-state index is 13.7. The summed E-state index contributed by atoms with van der Waals surface area (Å²) in [4.78, 5) is 0. The molecule has 0 amide bonds. The van der Waals surface area contributed by atoms with E-state index in [1.807, 2.05) is 0 Å². The summed E-state index contributed by atoms with van der Waals surface area (Å²) in [6.45, 7) is 1.60. The van der Waals surface area contributed by atoms with E-state index in [2.05, 4.69) is 0 Å². The monoisotopic (exact) mass is 278 g/mol. The third-order valence-corrected chi connectivity index (χ3v) is 3.46. The van der Waals surface area contributed by atoms with Crippen LogP contribution in [0.1, 0.15) is 12.5 Å². The fraction of sp³-hybridized carbons (Fsp3) is 0.455. The van der Waals surface area contributed by atoms with Crippen molar-refractivity contribution in [2.24, 2.45) is 0 Å². The van der Waals surface area contributed by atoms with Crippen molar-refractivity contribution in [3.8, 4) is 0 Å². The van der Waals surface area contributed by atoms with E-state index in [0.717, 1.165) is 18.4 Å². The number of ether oxygens (including phenoxy) is 1. The topological polar surface area (TPSA) is 55.9 Å². The van der Waals surface area contributed by atoms with Crippen LogP contribution in [0.25, 0.3) is 0 Å². The fourth-order valence-corrected chi connectivity index (χ4v) is 2.54. The van der Waals surface area contributed by atoms with Crippen LogP contribution in [-0.2, 0) is 24.6 Å². The first kappa shape index (κ1) is 13.4. The van der Waals surface area contributed by atoms with Crippen molar-refractivity contribution in [2.75, 3.05) is 12.9 Å². The Labute approximate surface area is 104 Å². The van der Waals surface area contributed by atoms with E-state index in [0.29, 0.717) is 0 Å². The van der Waals surface area contributed by atoms with Gasteiger partial charge in [0.1, 0.15) is 23.3 Å². The highest BCUT2D eigenvalue weighted by atomic mass is 32.2. The van der Waals surface area contributed by atoms with Crippen LogP contribution < -0.4 is 0 Å². The van der Waals surface area contributed by atoms with Crippen molar-refractivity contribution in [3.05, 3.63) is 35.4 Å². The molecule has 2 atom stereocenters. The number of hydrogen-bond acceptors (Lipinski definition) is 4. The van der Waals surface area contributed by atoms with E-state index >= 15 is 0 Å². The molecule has 4 nitrogen and oxygen atoms in total. The molecule has 18 heavy (non-hydrogen) atoms. The number of rotatable bonds is 4. The second kappa shape index (κ2) is 4.25. The molecule has 0 bridgehead atoms. The third kappa shape index (κ3) is 2.52. The molecule has 2 rings (SSSR count). The molecular weight excluding hydrogens is 266 g/mol. The van der Waals surface area contributed by atoms with E-state index in [-0.39, 0.29) is 12.2 Å². The van der Waals surface area contributed by atoms with Crippen LogP contribution in [-0.4, -0.2) is 27.4 Å². The van der Waals surface area contributed by atoms with Crippen molar-refractivity contribution in [1.82, 2.24) is 0 Å². The van der Waals surface area contributed by atoms with Gasteiger partial charge in [-0.05, 0) is 13.0 Å². The first-order chi connectivity index (χ1) is 8.24. The normalized spacial score (nSPS) is 24.9. The number of epoxide rings is 1. The predicted molar refractivity (Wildman–Crippen MR) is 59.4 cm³/mol. The summed E-state index contributed by atoms with van der Waals surface area (Å²) in [7, 11) is -3.67. The largest absolute Gasteiger partial charge is 0.361 e. The van der Waals surface area contributed by atoms with Crippen molar-refractivity contribution < 1.29 is 26.1 Å². The average Bonchev–Trinajstić information content (AvgIpc) is 2.95. The number of hydrogen-bond donors (Lipinski definition) is 0. The maximum Gasteiger partial charge on any atom is 0.264 e. The van der Waals surface area contributed by atoms with Gasteiger partial charge in [-0.25, -0.2) is 8.78 Å². The lowest BCUT2D eigenvalue weighted by atomic mass is 9.94. The molecular formula is C11H12F2O4S. The van der Waals surface area contributed by atoms with Gasteiger partial charge in [0.05, 0.1) is 12.9 Å². The van der Waals surface area contributed by atoms with Gasteiger partial charge in [0, 0.05) is 11.6 Å². The summed E-state index contributed by atoms with van der Waals surface area (Å²) in [6.07, 6.45) is 0.0214. The second-order valence-corrected chi connectivity index (χ2v) is 5.85. The molecule has 0 spiro atoms. The molecule has 0 radical (unpaired) electrons. The van der Waals surface area contributed by atoms with Crippen molar-refractivity contribution in [2.45, 2.75) is 18.6 Å². The van der Waals surface area contributed by atoms with E-state index in [4.69, 9.17) is 8.92 Å². The highest BCUT2D eigenvalue weighted by Crippen LogP contribution is 2.44. The Bertz CT molecular complexity index is 566. The van der Waals surface area contributed by atoms with Crippen LogP contribution in [0.2, 0.25) is 0 Å². The maximum absolute atomic E-state index is 13.7. The lowest BCUT2D eigenvalue weighted by Gasteiger charge is -2.20. The Kier molecular flexibility index (Phi) is 3.16. The summed E-state index contributed by atoms with van der Waals surface area (Å²) >= 11 is 0. The molecule has 0 N–H and O–H groups in total. The van der Waals surface area contributed by atoms with Gasteiger partial charge < -0.3 is 4.74 Å². The lowest BCUT2D eigenvalue weighted by molar-refractivity contribution is 0.114. The Morgan fingerprint density at radius 2 is 2.06 bits per heavy atom. The standard InChI is InChI=1S/C11H12F2O4S/c1-7(17-18(2,14)15)11(6-16-11)9-4-3-8(12)5-10(9)13/h3-5,7H,6H2,1-2H3. The minimum Gasteiger partial charge on any atom is -0.361 e. The van der Waals surface area contributed by atoms with Gasteiger partial charge in [-0.15, -0.1) is 0 Å². The molecule has 1 aromatic rings. The van der Waals surface area contributed by atoms with Crippen molar-refractivity contribution in [3.63, 3.8) is 0 Å². The highest BCUT2D eigenvalue weighted by molar-refractivity contribution is 7.86. The molecule has 0 aliphatic carbocycles. The Morgan fingerprint density at radius 1 is 1.44 bits per heavy atom. The van der Waals surface area contributed by atoms with Crippen molar-refractivity contribution >= 4 is 10.1 Å². The molecule has 0 saturated carbocycles. The average molecular weight is 278 g/mol. The second-order valence-electron chi connectivity index (χ2n) is 4.24. The Balaban J connectivity index is 2.31. The van der Waals surface area contributed by atoms with Gasteiger partial charge in [-0.3, -0.25) is 4.18 Å². The SMILES string of the molecule is CC(OS(C)(=O)=O)C1(c2ccc(F)cc2F)CO1. The lowest BCUT2D eigenvalue weighted by Crippen LogP contribution is -2.30. The quantitative estimate of drug-likeness (QED) is 0.619. The van der Waals surface area contributed by atoms with E-state index in [1.165, 1.54) is 13.0 Å². The van der Waals surface area contributed by atoms with E-state index in [1.54, 1.807) is 0 Å². The van der Waals surface area contributed by atoms with Gasteiger partial charge in [0.15, 0.2) is 0 Å². The number of halogens is 2. The minimum absolute atomic E-state index is 0.0973. The minimum atomic E-state index is -3.67. The Morgan fingerprint density at radius 3 is 2.50 bits per heavy atom. The summed E-state index contributed by atoms with van der Waals surface area (Å²) < 4.78 is 58.5. The first-order valence-electron chi connectivity index (χ1n) is 5.22. The summed E-state index contributed by atoms with van der Waals surface area (Å²) in [6, 6.07) is 3.06. The van der Waals surface area contributed by atoms with Crippen LogP contribution in [0.5, 0.6) is 0 Å². The fourth-order valence-electron chi connectivity index (χ4n) is 1.86. The highest BCUT2D eigenvalue weighted by Gasteiger charge is 2.54. The van der Waals surface area contributed by atoms with Gasteiger partial charge in [0.2, 0.25) is 0 Å². The Hall–Kier alpha value is -1.05.